The van der Waals surface area contributed by atoms with Crippen molar-refractivity contribution in [1.29, 1.82) is 0 Å². The maximum atomic E-state index is 14.7. The van der Waals surface area contributed by atoms with Crippen molar-refractivity contribution in [1.82, 2.24) is 24.7 Å². The van der Waals surface area contributed by atoms with Crippen LogP contribution in [0, 0.1) is 5.82 Å². The van der Waals surface area contributed by atoms with Crippen LogP contribution >= 0.6 is 11.6 Å². The number of ether oxygens (including phenoxy) is 2. The second-order valence-electron chi connectivity index (χ2n) is 9.76. The molecular weight excluding hydrogens is 545 g/mol. The molecule has 0 radical (unpaired) electrons. The first-order chi connectivity index (χ1) is 20.1. The first-order valence-corrected chi connectivity index (χ1v) is 13.7. The summed E-state index contributed by atoms with van der Waals surface area (Å²) in [5, 5.41) is 8.82. The quantitative estimate of drug-likeness (QED) is 0.260. The highest BCUT2D eigenvalue weighted by atomic mass is 35.5. The van der Waals surface area contributed by atoms with Crippen LogP contribution in [0.3, 0.4) is 0 Å². The predicted octanol–water partition coefficient (Wildman–Crippen LogP) is 5.11. The number of rotatable bonds is 9. The van der Waals surface area contributed by atoms with Gasteiger partial charge in [-0.25, -0.2) is 19.3 Å². The van der Waals surface area contributed by atoms with Gasteiger partial charge < -0.3 is 19.7 Å². The van der Waals surface area contributed by atoms with E-state index in [2.05, 4.69) is 67.7 Å². The van der Waals surface area contributed by atoms with Gasteiger partial charge in [-0.05, 0) is 35.4 Å². The lowest BCUT2D eigenvalue weighted by Crippen LogP contribution is -2.36. The molecule has 0 bridgehead atoms. The lowest BCUT2D eigenvalue weighted by Gasteiger charge is -2.28. The third-order valence-corrected chi connectivity index (χ3v) is 7.40. The van der Waals surface area contributed by atoms with Gasteiger partial charge in [0.2, 0.25) is 0 Å². The van der Waals surface area contributed by atoms with Crippen molar-refractivity contribution < 1.29 is 13.9 Å². The van der Waals surface area contributed by atoms with Crippen molar-refractivity contribution in [3.05, 3.63) is 100 Å². The van der Waals surface area contributed by atoms with Crippen LogP contribution in [0.2, 0.25) is 5.02 Å². The molecule has 1 aliphatic heterocycles. The van der Waals surface area contributed by atoms with E-state index in [1.54, 1.807) is 6.07 Å². The number of pyridine rings is 1. The van der Waals surface area contributed by atoms with Gasteiger partial charge in [0.05, 0.1) is 32.3 Å². The van der Waals surface area contributed by atoms with E-state index in [4.69, 9.17) is 26.1 Å². The van der Waals surface area contributed by atoms with Gasteiger partial charge in [0.25, 0.3) is 0 Å². The van der Waals surface area contributed by atoms with Crippen LogP contribution in [0.5, 0.6) is 5.75 Å². The minimum atomic E-state index is -0.502. The van der Waals surface area contributed by atoms with Crippen LogP contribution in [0.15, 0.2) is 67.1 Å². The molecule has 1 fully saturated rings. The van der Waals surface area contributed by atoms with E-state index in [0.29, 0.717) is 28.6 Å². The predicted molar refractivity (Wildman–Crippen MR) is 156 cm³/mol. The summed E-state index contributed by atoms with van der Waals surface area (Å²) in [4.78, 5) is 15.8. The van der Waals surface area contributed by atoms with E-state index in [0.717, 1.165) is 55.2 Å². The van der Waals surface area contributed by atoms with Crippen molar-refractivity contribution in [2.45, 2.75) is 19.5 Å². The number of halogens is 2. The van der Waals surface area contributed by atoms with Gasteiger partial charge in [0.15, 0.2) is 17.2 Å². The molecule has 0 atom stereocenters. The molecule has 6 rings (SSSR count). The van der Waals surface area contributed by atoms with Crippen LogP contribution < -0.4 is 15.0 Å². The average molecular weight is 574 g/mol. The fraction of sp³-hybridized carbons (Fsp3) is 0.267. The minimum Gasteiger partial charge on any atom is -0.494 e. The number of nitrogens with one attached hydrogen (secondary N) is 1. The first kappa shape index (κ1) is 26.9. The van der Waals surface area contributed by atoms with Gasteiger partial charge >= 0.3 is 0 Å². The van der Waals surface area contributed by atoms with E-state index >= 15 is 0 Å². The molecule has 1 N–H and O–H groups in total. The molecule has 9 nitrogen and oxygen atoms in total. The Morgan fingerprint density at radius 3 is 2.63 bits per heavy atom. The van der Waals surface area contributed by atoms with Crippen LogP contribution in [-0.2, 0) is 24.2 Å². The number of fused-ring (bicyclic) bond motifs is 1. The summed E-state index contributed by atoms with van der Waals surface area (Å²) in [6.07, 6.45) is 4.07. The standard InChI is InChI=1S/C30H29ClFN7O2/c1-40-26-10-9-25(31)23(28(26)32)16-33-29-24-18-39(37-30(24)35-19-34-29)17-21-7-5-20(6-8-21)15-22-3-2-4-27(36-22)38-11-13-41-14-12-38/h2-10,18-19H,11-17H2,1H3,(H,33,34,35,37). The van der Waals surface area contributed by atoms with Crippen LogP contribution in [-0.4, -0.2) is 58.1 Å². The molecular formula is C30H29ClFN7O2. The molecule has 0 aliphatic carbocycles. The van der Waals surface area contributed by atoms with Crippen molar-refractivity contribution in [2.75, 3.05) is 43.6 Å². The van der Waals surface area contributed by atoms with Crippen molar-refractivity contribution >= 4 is 34.3 Å². The highest BCUT2D eigenvalue weighted by Crippen LogP contribution is 2.28. The molecule has 4 heterocycles. The number of hydrogen-bond donors (Lipinski definition) is 1. The molecule has 2 aromatic carbocycles. The van der Waals surface area contributed by atoms with E-state index in [-0.39, 0.29) is 12.3 Å². The summed E-state index contributed by atoms with van der Waals surface area (Å²) in [5.41, 5.74) is 4.17. The molecule has 5 aromatic rings. The third-order valence-electron chi connectivity index (χ3n) is 7.05. The molecule has 0 saturated carbocycles. The third kappa shape index (κ3) is 6.08. The fourth-order valence-corrected chi connectivity index (χ4v) is 5.08. The van der Waals surface area contributed by atoms with Crippen LogP contribution in [0.1, 0.15) is 22.4 Å². The monoisotopic (exact) mass is 573 g/mol. The highest BCUT2D eigenvalue weighted by molar-refractivity contribution is 6.31. The Labute approximate surface area is 241 Å². The van der Waals surface area contributed by atoms with Gasteiger partial charge in [-0.1, -0.05) is 41.9 Å². The zero-order valence-corrected chi connectivity index (χ0v) is 23.3. The lowest BCUT2D eigenvalue weighted by atomic mass is 10.1. The first-order valence-electron chi connectivity index (χ1n) is 13.4. The van der Waals surface area contributed by atoms with E-state index in [1.165, 1.54) is 25.1 Å². The molecule has 1 aliphatic rings. The second-order valence-corrected chi connectivity index (χ2v) is 10.2. The maximum absolute atomic E-state index is 14.7. The van der Waals surface area contributed by atoms with E-state index < -0.39 is 5.82 Å². The Balaban J connectivity index is 1.13. The number of methoxy groups -OCH3 is 1. The summed E-state index contributed by atoms with van der Waals surface area (Å²) in [7, 11) is 1.42. The number of hydrogen-bond acceptors (Lipinski definition) is 8. The summed E-state index contributed by atoms with van der Waals surface area (Å²) in [5.74, 6) is 1.18. The number of benzene rings is 2. The lowest BCUT2D eigenvalue weighted by molar-refractivity contribution is 0.122. The number of anilines is 2. The molecule has 0 unspecified atom stereocenters. The number of nitrogens with zero attached hydrogens (tertiary/aromatic N) is 6. The Morgan fingerprint density at radius 2 is 1.83 bits per heavy atom. The maximum Gasteiger partial charge on any atom is 0.186 e. The van der Waals surface area contributed by atoms with Gasteiger partial charge in [-0.2, -0.15) is 5.10 Å². The SMILES string of the molecule is COc1ccc(Cl)c(CNc2ncnc3nn(Cc4ccc(Cc5cccc(N6CCOCC6)n5)cc4)cc23)c1F. The molecule has 1 saturated heterocycles. The highest BCUT2D eigenvalue weighted by Gasteiger charge is 2.16. The average Bonchev–Trinajstić information content (AvgIpc) is 3.42. The van der Waals surface area contributed by atoms with Gasteiger partial charge in [-0.3, -0.25) is 4.68 Å². The summed E-state index contributed by atoms with van der Waals surface area (Å²) in [6.45, 7) is 3.91. The van der Waals surface area contributed by atoms with Crippen LogP contribution in [0.4, 0.5) is 16.0 Å². The molecule has 3 aromatic heterocycles. The Morgan fingerprint density at radius 1 is 1.02 bits per heavy atom. The summed E-state index contributed by atoms with van der Waals surface area (Å²) < 4.78 is 27.1. The zero-order chi connectivity index (χ0) is 28.2. The van der Waals surface area contributed by atoms with Crippen molar-refractivity contribution in [3.63, 3.8) is 0 Å². The topological polar surface area (TPSA) is 90.2 Å². The summed E-state index contributed by atoms with van der Waals surface area (Å²) in [6, 6.07) is 17.8. The van der Waals surface area contributed by atoms with Crippen molar-refractivity contribution in [2.24, 2.45) is 0 Å². The van der Waals surface area contributed by atoms with E-state index in [1.807, 2.05) is 10.9 Å². The number of aromatic nitrogens is 5. The zero-order valence-electron chi connectivity index (χ0n) is 22.6. The van der Waals surface area contributed by atoms with Gasteiger partial charge in [0.1, 0.15) is 18.0 Å². The number of morpholine rings is 1. The largest absolute Gasteiger partial charge is 0.494 e. The molecule has 210 valence electrons. The minimum absolute atomic E-state index is 0.130. The second kappa shape index (κ2) is 12.1. The van der Waals surface area contributed by atoms with Crippen LogP contribution in [0.25, 0.3) is 11.0 Å². The normalized spacial score (nSPS) is 13.5. The Bertz CT molecular complexity index is 1660. The Kier molecular flexibility index (Phi) is 7.93. The smallest absolute Gasteiger partial charge is 0.186 e. The fourth-order valence-electron chi connectivity index (χ4n) is 4.87. The summed E-state index contributed by atoms with van der Waals surface area (Å²) >= 11 is 6.24. The molecule has 0 amide bonds. The molecule has 11 heteroatoms. The molecule has 0 spiro atoms. The molecule has 41 heavy (non-hydrogen) atoms. The van der Waals surface area contributed by atoms with Gasteiger partial charge in [0, 0.05) is 48.5 Å². The Hall–Kier alpha value is -4.28. The van der Waals surface area contributed by atoms with Gasteiger partial charge in [-0.15, -0.1) is 0 Å². The van der Waals surface area contributed by atoms with E-state index in [9.17, 15) is 4.39 Å². The van der Waals surface area contributed by atoms with Crippen molar-refractivity contribution in [3.8, 4) is 5.75 Å².